The number of phenolic OH excluding ortho intramolecular Hbond substituents is 3. The minimum Gasteiger partial charge on any atom is -0.508 e. The number of aliphatic hydroxyl groups is 10. The Kier molecular flexibility index (Phi) is 15.2. The van der Waals surface area contributed by atoms with Gasteiger partial charge in [0.2, 0.25) is 23.8 Å². The fourth-order valence-corrected chi connectivity index (χ4v) is 7.44. The van der Waals surface area contributed by atoms with Crippen molar-refractivity contribution < 1.29 is 113 Å². The Balaban J connectivity index is 1.17. The SMILES string of the molecule is COc1cc(/C=C/C(=O)OC[C@H]2O[C@@H](Oc3cc(O)c4c(=O)c(O[C@@H]5O[C@H](CO)[C@@H](O)[C@H](O)[C@H]5O[C@@H]5O[C@H](CO)[C@@H](O)[C@H](O)[C@H]5O)c(-c5ccc(O)cc5)oc4c3)[C@H](O)[C@@H](O)[C@@H]2O)ccc1O. The second-order valence-corrected chi connectivity index (χ2v) is 15.6. The fraction of sp³-hybridized carbons (Fsp3) is 0.442. The number of ether oxygens (including phenoxy) is 8. The Hall–Kier alpha value is -5.68. The lowest BCUT2D eigenvalue weighted by Gasteiger charge is -2.45. The van der Waals surface area contributed by atoms with Gasteiger partial charge in [-0.1, -0.05) is 6.07 Å². The van der Waals surface area contributed by atoms with E-state index in [1.54, 1.807) is 0 Å². The predicted octanol–water partition coefficient (Wildman–Crippen LogP) is -2.97. The molecule has 0 amide bonds. The van der Waals surface area contributed by atoms with Gasteiger partial charge >= 0.3 is 5.97 Å². The number of hydrogen-bond donors (Lipinski definition) is 13. The quantitative estimate of drug-likeness (QED) is 0.0443. The lowest BCUT2D eigenvalue weighted by Crippen LogP contribution is -2.65. The number of fused-ring (bicyclic) bond motifs is 1. The molecule has 24 heteroatoms. The van der Waals surface area contributed by atoms with Gasteiger partial charge in [-0.05, 0) is 48.0 Å². The third-order valence-electron chi connectivity index (χ3n) is 11.2. The van der Waals surface area contributed by atoms with Crippen molar-refractivity contribution in [1.29, 1.82) is 0 Å². The molecule has 13 N–H and O–H groups in total. The molecule has 1 aromatic heterocycles. The van der Waals surface area contributed by atoms with Crippen molar-refractivity contribution >= 4 is 23.0 Å². The monoisotopic (exact) mass is 948 g/mol. The number of esters is 1. The minimum absolute atomic E-state index is 0.0392. The lowest BCUT2D eigenvalue weighted by atomic mass is 9.97. The summed E-state index contributed by atoms with van der Waals surface area (Å²) in [6.45, 7) is -2.43. The Labute approximate surface area is 377 Å². The van der Waals surface area contributed by atoms with Crippen LogP contribution in [0.4, 0.5) is 0 Å². The molecule has 3 aliphatic rings. The molecule has 3 aliphatic heterocycles. The number of aromatic hydroxyl groups is 3. The van der Waals surface area contributed by atoms with Gasteiger partial charge in [0, 0.05) is 23.8 Å². The van der Waals surface area contributed by atoms with E-state index < -0.39 is 152 Å². The van der Waals surface area contributed by atoms with Crippen LogP contribution in [0.5, 0.6) is 34.5 Å². The summed E-state index contributed by atoms with van der Waals surface area (Å²) in [4.78, 5) is 27.0. The zero-order chi connectivity index (χ0) is 48.4. The smallest absolute Gasteiger partial charge is 0.330 e. The van der Waals surface area contributed by atoms with Crippen LogP contribution in [-0.2, 0) is 28.5 Å². The molecular formula is C43H48O24. The van der Waals surface area contributed by atoms with Crippen molar-refractivity contribution in [2.24, 2.45) is 0 Å². The summed E-state index contributed by atoms with van der Waals surface area (Å²) in [5.74, 6) is -3.47. The predicted molar refractivity (Wildman–Crippen MR) is 220 cm³/mol. The average molecular weight is 949 g/mol. The average Bonchev–Trinajstić information content (AvgIpc) is 3.31. The zero-order valence-corrected chi connectivity index (χ0v) is 34.9. The first kappa shape index (κ1) is 49.2. The van der Waals surface area contributed by atoms with Crippen molar-refractivity contribution in [3.63, 3.8) is 0 Å². The molecule has 24 nitrogen and oxygen atoms in total. The molecule has 7 rings (SSSR count). The maximum absolute atomic E-state index is 14.4. The van der Waals surface area contributed by atoms with Gasteiger partial charge in [0.05, 0.1) is 20.3 Å². The second kappa shape index (κ2) is 20.7. The van der Waals surface area contributed by atoms with Crippen LogP contribution in [0.15, 0.2) is 69.9 Å². The topological polar surface area (TPSA) is 384 Å². The van der Waals surface area contributed by atoms with Crippen molar-refractivity contribution in [3.05, 3.63) is 76.5 Å². The van der Waals surface area contributed by atoms with E-state index in [0.717, 1.165) is 18.2 Å². The normalized spacial score (nSPS) is 32.3. The third kappa shape index (κ3) is 10.3. The van der Waals surface area contributed by atoms with E-state index in [4.69, 9.17) is 42.3 Å². The highest BCUT2D eigenvalue weighted by Gasteiger charge is 2.52. The van der Waals surface area contributed by atoms with Crippen molar-refractivity contribution in [2.45, 2.75) is 92.1 Å². The summed E-state index contributed by atoms with van der Waals surface area (Å²) in [5, 5.41) is 136. The molecule has 67 heavy (non-hydrogen) atoms. The summed E-state index contributed by atoms with van der Waals surface area (Å²) in [5.41, 5.74) is -1.04. The van der Waals surface area contributed by atoms with E-state index >= 15 is 0 Å². The van der Waals surface area contributed by atoms with Crippen molar-refractivity contribution in [2.75, 3.05) is 26.9 Å². The first-order valence-electron chi connectivity index (χ1n) is 20.4. The molecule has 0 saturated carbocycles. The maximum Gasteiger partial charge on any atom is 0.330 e. The van der Waals surface area contributed by atoms with Crippen LogP contribution >= 0.6 is 0 Å². The minimum atomic E-state index is -2.04. The zero-order valence-electron chi connectivity index (χ0n) is 34.9. The van der Waals surface area contributed by atoms with Crippen LogP contribution in [0.3, 0.4) is 0 Å². The van der Waals surface area contributed by atoms with E-state index in [9.17, 15) is 76.0 Å². The van der Waals surface area contributed by atoms with Crippen LogP contribution < -0.4 is 19.6 Å². The summed E-state index contributed by atoms with van der Waals surface area (Å²) < 4.78 is 50.6. The molecule has 0 bridgehead atoms. The number of carbonyl (C=O) groups is 1. The van der Waals surface area contributed by atoms with E-state index in [1.165, 1.54) is 55.7 Å². The van der Waals surface area contributed by atoms with E-state index in [2.05, 4.69) is 0 Å². The van der Waals surface area contributed by atoms with E-state index in [1.807, 2.05) is 0 Å². The largest absolute Gasteiger partial charge is 0.508 e. The van der Waals surface area contributed by atoms with Gasteiger partial charge in [-0.25, -0.2) is 4.79 Å². The second-order valence-electron chi connectivity index (χ2n) is 15.6. The molecule has 0 unspecified atom stereocenters. The van der Waals surface area contributed by atoms with E-state index in [-0.39, 0.29) is 28.6 Å². The standard InChI is InChI=1S/C43H48O24/c1-59-22-10-16(2-8-20(22)47)3-9-27(49)60-15-26-31(52)34(55)36(57)41(65-26)61-19-11-21(48)28-23(12-19)62-38(17-4-6-18(46)7-5-17)39(32(28)53)66-43-40(35(56)30(51)25(14-45)64-43)67-42-37(58)33(54)29(50)24(13-44)63-42/h2-12,24-26,29-31,33-37,40-48,50-52,54-58H,13-15H2,1H3/b9-3+/t24-,25-,26-,29-,30-,31-,33+,34+,35+,36-,37-,40-,41-,42+,43+/m1/s1. The number of aliphatic hydroxyl groups excluding tert-OH is 10. The molecule has 3 fully saturated rings. The van der Waals surface area contributed by atoms with Gasteiger partial charge in [-0.15, -0.1) is 0 Å². The molecule has 0 spiro atoms. The molecule has 4 heterocycles. The number of carbonyl (C=O) groups excluding carboxylic acids is 1. The molecule has 3 saturated heterocycles. The highest BCUT2D eigenvalue weighted by atomic mass is 16.8. The Morgan fingerprint density at radius 3 is 1.94 bits per heavy atom. The number of hydrogen-bond acceptors (Lipinski definition) is 24. The van der Waals surface area contributed by atoms with Gasteiger partial charge in [0.15, 0.2) is 29.7 Å². The molecular weight excluding hydrogens is 900 g/mol. The van der Waals surface area contributed by atoms with Crippen LogP contribution in [-0.4, -0.2) is 191 Å². The highest BCUT2D eigenvalue weighted by Crippen LogP contribution is 2.39. The summed E-state index contributed by atoms with van der Waals surface area (Å²) in [6.07, 6.45) is -25.2. The van der Waals surface area contributed by atoms with Crippen molar-refractivity contribution in [3.8, 4) is 45.8 Å². The maximum atomic E-state index is 14.4. The summed E-state index contributed by atoms with van der Waals surface area (Å²) in [7, 11) is 1.34. The van der Waals surface area contributed by atoms with Gasteiger partial charge in [-0.3, -0.25) is 4.79 Å². The highest BCUT2D eigenvalue weighted by molar-refractivity contribution is 5.88. The Morgan fingerprint density at radius 1 is 0.672 bits per heavy atom. The van der Waals surface area contributed by atoms with Crippen LogP contribution in [0.1, 0.15) is 5.56 Å². The first-order valence-corrected chi connectivity index (χ1v) is 20.4. The molecule has 4 aromatic rings. The molecule has 15 atom stereocenters. The van der Waals surface area contributed by atoms with Crippen molar-refractivity contribution in [1.82, 2.24) is 0 Å². The third-order valence-corrected chi connectivity index (χ3v) is 11.2. The summed E-state index contributed by atoms with van der Waals surface area (Å²) >= 11 is 0. The molecule has 0 aliphatic carbocycles. The van der Waals surface area contributed by atoms with Gasteiger partial charge in [0.1, 0.15) is 102 Å². The number of phenols is 3. The lowest BCUT2D eigenvalue weighted by molar-refractivity contribution is -0.358. The van der Waals surface area contributed by atoms with Gasteiger partial charge in [-0.2, -0.15) is 0 Å². The van der Waals surface area contributed by atoms with Crippen LogP contribution in [0.25, 0.3) is 28.4 Å². The van der Waals surface area contributed by atoms with Gasteiger partial charge < -0.3 is 109 Å². The molecule has 364 valence electrons. The van der Waals surface area contributed by atoms with Crippen LogP contribution in [0.2, 0.25) is 0 Å². The number of benzene rings is 3. The number of methoxy groups -OCH3 is 1. The molecule has 3 aromatic carbocycles. The molecule has 0 radical (unpaired) electrons. The fourth-order valence-electron chi connectivity index (χ4n) is 7.44. The van der Waals surface area contributed by atoms with Crippen LogP contribution in [0, 0.1) is 0 Å². The first-order chi connectivity index (χ1) is 31.9. The van der Waals surface area contributed by atoms with Gasteiger partial charge in [0.25, 0.3) is 0 Å². The van der Waals surface area contributed by atoms with E-state index in [0.29, 0.717) is 5.56 Å². The summed E-state index contributed by atoms with van der Waals surface area (Å²) in [6, 6.07) is 11.3. The Morgan fingerprint density at radius 2 is 1.28 bits per heavy atom. The Bertz CT molecular complexity index is 2440. The number of rotatable bonds is 14.